The molecule has 0 aliphatic rings. The predicted molar refractivity (Wildman–Crippen MR) is 97.5 cm³/mol. The van der Waals surface area contributed by atoms with Crippen molar-refractivity contribution >= 4 is 29.6 Å². The van der Waals surface area contributed by atoms with Crippen molar-refractivity contribution in [2.75, 3.05) is 13.2 Å². The van der Waals surface area contributed by atoms with Crippen LogP contribution in [0.15, 0.2) is 0 Å². The first-order chi connectivity index (χ1) is 13.0. The maximum Gasteiger partial charge on any atom is 0.322 e. The number of hydrogen-bond donors (Lipinski definition) is 7. The number of nitrogens with one attached hydrogen (secondary N) is 3. The second kappa shape index (κ2) is 12.6. The van der Waals surface area contributed by atoms with Crippen LogP contribution >= 0.6 is 0 Å². The lowest BCUT2D eigenvalue weighted by Crippen LogP contribution is -2.56. The van der Waals surface area contributed by atoms with Gasteiger partial charge in [-0.3, -0.25) is 24.0 Å². The van der Waals surface area contributed by atoms with Gasteiger partial charge in [0, 0.05) is 6.42 Å². The highest BCUT2D eigenvalue weighted by atomic mass is 16.4. The summed E-state index contributed by atoms with van der Waals surface area (Å²) in [5.41, 5.74) is 10.5. The zero-order valence-electron chi connectivity index (χ0n) is 15.9. The molecule has 12 heteroatoms. The smallest absolute Gasteiger partial charge is 0.322 e. The number of carboxylic acids is 1. The van der Waals surface area contributed by atoms with E-state index in [1.165, 1.54) is 0 Å². The van der Waals surface area contributed by atoms with Crippen LogP contribution in [-0.4, -0.2) is 71.1 Å². The van der Waals surface area contributed by atoms with Crippen LogP contribution in [0.1, 0.15) is 33.1 Å². The van der Waals surface area contributed by atoms with Crippen LogP contribution in [0.3, 0.4) is 0 Å². The van der Waals surface area contributed by atoms with Crippen molar-refractivity contribution in [2.24, 2.45) is 17.4 Å². The van der Waals surface area contributed by atoms with Gasteiger partial charge in [-0.1, -0.05) is 13.8 Å². The number of aliphatic hydroxyl groups is 1. The van der Waals surface area contributed by atoms with E-state index < -0.39 is 60.9 Å². The molecule has 0 rings (SSSR count). The molecule has 0 aromatic carbocycles. The Morgan fingerprint density at radius 1 is 0.964 bits per heavy atom. The molecular formula is C16H29N5O7. The summed E-state index contributed by atoms with van der Waals surface area (Å²) in [7, 11) is 0. The molecule has 0 saturated heterocycles. The summed E-state index contributed by atoms with van der Waals surface area (Å²) in [4.78, 5) is 58.2. The standard InChI is InChI=1S/C16H29N5O7/c1-8(2)5-11(15(27)19-6-13(24)25)21-16(28)10(3-4-12(18)23)20-14(26)9(17)7-22/h8-11,22H,3-7,17H2,1-2H3,(H2,18,23)(H,19,27)(H,20,26)(H,21,28)(H,24,25). The number of rotatable bonds is 13. The van der Waals surface area contributed by atoms with Gasteiger partial charge in [-0.2, -0.15) is 0 Å². The van der Waals surface area contributed by atoms with Gasteiger partial charge in [-0.15, -0.1) is 0 Å². The molecule has 0 saturated carbocycles. The lowest BCUT2D eigenvalue weighted by molar-refractivity contribution is -0.138. The third-order valence-electron chi connectivity index (χ3n) is 3.60. The number of carbonyl (C=O) groups excluding carboxylic acids is 4. The molecule has 0 aromatic rings. The Hall–Kier alpha value is -2.73. The lowest BCUT2D eigenvalue weighted by atomic mass is 10.0. The number of nitrogens with two attached hydrogens (primary N) is 2. The first-order valence-corrected chi connectivity index (χ1v) is 8.72. The van der Waals surface area contributed by atoms with Crippen molar-refractivity contribution < 1.29 is 34.2 Å². The lowest BCUT2D eigenvalue weighted by Gasteiger charge is -2.24. The number of carbonyl (C=O) groups is 5. The van der Waals surface area contributed by atoms with Crippen molar-refractivity contribution in [3.8, 4) is 0 Å². The SMILES string of the molecule is CC(C)CC(NC(=O)C(CCC(N)=O)NC(=O)C(N)CO)C(=O)NCC(=O)O. The minimum atomic E-state index is -1.27. The maximum absolute atomic E-state index is 12.6. The molecule has 0 spiro atoms. The van der Waals surface area contributed by atoms with Gasteiger partial charge in [0.05, 0.1) is 6.61 Å². The highest BCUT2D eigenvalue weighted by molar-refractivity contribution is 5.94. The van der Waals surface area contributed by atoms with E-state index in [0.717, 1.165) is 0 Å². The van der Waals surface area contributed by atoms with Crippen LogP contribution < -0.4 is 27.4 Å². The molecule has 0 aromatic heterocycles. The van der Waals surface area contributed by atoms with Gasteiger partial charge in [0.15, 0.2) is 0 Å². The molecule has 0 radical (unpaired) electrons. The van der Waals surface area contributed by atoms with E-state index in [-0.39, 0.29) is 25.2 Å². The van der Waals surface area contributed by atoms with Crippen molar-refractivity contribution in [3.63, 3.8) is 0 Å². The molecule has 0 bridgehead atoms. The summed E-state index contributed by atoms with van der Waals surface area (Å²) >= 11 is 0. The van der Waals surface area contributed by atoms with Crippen LogP contribution in [0.5, 0.6) is 0 Å². The van der Waals surface area contributed by atoms with E-state index in [1.54, 1.807) is 13.8 Å². The van der Waals surface area contributed by atoms with E-state index in [0.29, 0.717) is 0 Å². The molecule has 0 fully saturated rings. The fourth-order valence-electron chi connectivity index (χ4n) is 2.18. The number of hydrogen-bond acceptors (Lipinski definition) is 7. The first-order valence-electron chi connectivity index (χ1n) is 8.72. The summed E-state index contributed by atoms with van der Waals surface area (Å²) < 4.78 is 0. The third-order valence-corrected chi connectivity index (χ3v) is 3.60. The fourth-order valence-corrected chi connectivity index (χ4v) is 2.18. The summed E-state index contributed by atoms with van der Waals surface area (Å²) in [6.45, 7) is 2.34. The Morgan fingerprint density at radius 2 is 1.54 bits per heavy atom. The molecule has 28 heavy (non-hydrogen) atoms. The Balaban J connectivity index is 5.24. The molecule has 4 amide bonds. The monoisotopic (exact) mass is 403 g/mol. The molecule has 12 nitrogen and oxygen atoms in total. The normalized spacial score (nSPS) is 13.9. The topological polar surface area (TPSA) is 214 Å². The van der Waals surface area contributed by atoms with E-state index >= 15 is 0 Å². The van der Waals surface area contributed by atoms with Crippen molar-refractivity contribution in [2.45, 2.75) is 51.2 Å². The van der Waals surface area contributed by atoms with Gasteiger partial charge in [0.1, 0.15) is 24.7 Å². The molecular weight excluding hydrogens is 374 g/mol. The molecule has 0 aliphatic heterocycles. The van der Waals surface area contributed by atoms with E-state index in [1.807, 2.05) is 0 Å². The van der Waals surface area contributed by atoms with Crippen LogP contribution in [-0.2, 0) is 24.0 Å². The Kier molecular flexibility index (Phi) is 11.4. The minimum absolute atomic E-state index is 0.0117. The van der Waals surface area contributed by atoms with Gasteiger partial charge >= 0.3 is 5.97 Å². The molecule has 3 unspecified atom stereocenters. The summed E-state index contributed by atoms with van der Waals surface area (Å²) in [6, 6.07) is -3.54. The zero-order chi connectivity index (χ0) is 21.9. The van der Waals surface area contributed by atoms with E-state index in [9.17, 15) is 24.0 Å². The molecule has 0 aliphatic carbocycles. The van der Waals surface area contributed by atoms with Gasteiger partial charge in [-0.05, 0) is 18.8 Å². The number of aliphatic hydroxyl groups excluding tert-OH is 1. The summed E-state index contributed by atoms with van der Waals surface area (Å²) in [5, 5.41) is 24.5. The Bertz CT molecular complexity index is 582. The number of primary amides is 1. The van der Waals surface area contributed by atoms with Crippen molar-refractivity contribution in [3.05, 3.63) is 0 Å². The first kappa shape index (κ1) is 25.3. The third kappa shape index (κ3) is 10.4. The predicted octanol–water partition coefficient (Wildman–Crippen LogP) is -3.21. The molecule has 9 N–H and O–H groups in total. The summed E-state index contributed by atoms with van der Waals surface area (Å²) in [6.07, 6.45) is -0.146. The van der Waals surface area contributed by atoms with E-state index in [2.05, 4.69) is 16.0 Å². The molecule has 160 valence electrons. The number of amides is 4. The van der Waals surface area contributed by atoms with E-state index in [4.69, 9.17) is 21.7 Å². The minimum Gasteiger partial charge on any atom is -0.480 e. The Labute approximate surface area is 162 Å². The van der Waals surface area contributed by atoms with Crippen LogP contribution in [0.2, 0.25) is 0 Å². The largest absolute Gasteiger partial charge is 0.480 e. The second-order valence-corrected chi connectivity index (χ2v) is 6.66. The average molecular weight is 403 g/mol. The van der Waals surface area contributed by atoms with Crippen LogP contribution in [0.4, 0.5) is 0 Å². The van der Waals surface area contributed by atoms with Gasteiger partial charge in [0.2, 0.25) is 23.6 Å². The maximum atomic E-state index is 12.6. The highest BCUT2D eigenvalue weighted by Crippen LogP contribution is 2.07. The number of aliphatic carboxylic acids is 1. The molecule has 0 heterocycles. The van der Waals surface area contributed by atoms with Crippen LogP contribution in [0.25, 0.3) is 0 Å². The zero-order valence-corrected chi connectivity index (χ0v) is 15.9. The van der Waals surface area contributed by atoms with Gasteiger partial charge in [0.25, 0.3) is 0 Å². The number of carboxylic acid groups (broad SMARTS) is 1. The van der Waals surface area contributed by atoms with Crippen LogP contribution in [0, 0.1) is 5.92 Å². The van der Waals surface area contributed by atoms with Gasteiger partial charge in [-0.25, -0.2) is 0 Å². The average Bonchev–Trinajstić information content (AvgIpc) is 2.60. The fraction of sp³-hybridized carbons (Fsp3) is 0.688. The Morgan fingerprint density at radius 3 is 2.00 bits per heavy atom. The van der Waals surface area contributed by atoms with Gasteiger partial charge < -0.3 is 37.6 Å². The van der Waals surface area contributed by atoms with Crippen molar-refractivity contribution in [1.29, 1.82) is 0 Å². The quantitative estimate of drug-likeness (QED) is 0.166. The van der Waals surface area contributed by atoms with Crippen molar-refractivity contribution in [1.82, 2.24) is 16.0 Å². The molecule has 3 atom stereocenters. The highest BCUT2D eigenvalue weighted by Gasteiger charge is 2.28. The summed E-state index contributed by atoms with van der Waals surface area (Å²) in [5.74, 6) is -4.23. The second-order valence-electron chi connectivity index (χ2n) is 6.66.